The molecule has 1 aliphatic carbocycles. The summed E-state index contributed by atoms with van der Waals surface area (Å²) in [5.41, 5.74) is 0.178. The summed E-state index contributed by atoms with van der Waals surface area (Å²) in [6.45, 7) is 7.79. The first-order valence-electron chi connectivity index (χ1n) is 6.56. The minimum Gasteiger partial charge on any atom is -0.369 e. The van der Waals surface area contributed by atoms with Gasteiger partial charge < -0.3 is 10.1 Å². The van der Waals surface area contributed by atoms with Crippen LogP contribution in [0.3, 0.4) is 0 Å². The average Bonchev–Trinajstić information content (AvgIpc) is 2.26. The molecule has 88 valence electrons. The van der Waals surface area contributed by atoms with E-state index in [1.807, 2.05) is 0 Å². The SMILES string of the molecule is CCC1CCC2(CC1)CNC(C)C(C)O2. The molecule has 2 aliphatic rings. The fourth-order valence-electron chi connectivity index (χ4n) is 2.96. The van der Waals surface area contributed by atoms with E-state index < -0.39 is 0 Å². The van der Waals surface area contributed by atoms with Crippen molar-refractivity contribution in [3.05, 3.63) is 0 Å². The normalized spacial score (nSPS) is 47.0. The van der Waals surface area contributed by atoms with Gasteiger partial charge in [0.2, 0.25) is 0 Å². The molecule has 1 spiro atoms. The molecular weight excluding hydrogens is 186 g/mol. The maximum absolute atomic E-state index is 6.26. The lowest BCUT2D eigenvalue weighted by Gasteiger charge is -2.47. The van der Waals surface area contributed by atoms with E-state index in [1.54, 1.807) is 0 Å². The second kappa shape index (κ2) is 4.42. The molecule has 2 rings (SSSR count). The number of nitrogens with one attached hydrogen (secondary N) is 1. The molecule has 2 atom stereocenters. The average molecular weight is 211 g/mol. The Morgan fingerprint density at radius 1 is 1.27 bits per heavy atom. The van der Waals surface area contributed by atoms with Crippen LogP contribution in [0, 0.1) is 5.92 Å². The van der Waals surface area contributed by atoms with Crippen molar-refractivity contribution in [2.75, 3.05) is 6.54 Å². The molecule has 0 aromatic heterocycles. The highest BCUT2D eigenvalue weighted by Crippen LogP contribution is 2.38. The predicted octanol–water partition coefficient (Wildman–Crippen LogP) is 2.72. The number of ether oxygens (including phenoxy) is 1. The molecule has 1 N–H and O–H groups in total. The molecule has 1 heterocycles. The van der Waals surface area contributed by atoms with Crippen molar-refractivity contribution in [2.24, 2.45) is 5.92 Å². The zero-order chi connectivity index (χ0) is 10.9. The Morgan fingerprint density at radius 2 is 1.93 bits per heavy atom. The van der Waals surface area contributed by atoms with Crippen LogP contribution in [0.1, 0.15) is 52.9 Å². The summed E-state index contributed by atoms with van der Waals surface area (Å²) in [5.74, 6) is 0.953. The molecule has 0 aromatic rings. The third-order valence-corrected chi connectivity index (χ3v) is 4.48. The standard InChI is InChI=1S/C13H25NO/c1-4-12-5-7-13(8-6-12)9-14-10(2)11(3)15-13/h10-12,14H,4-9H2,1-3H3. The van der Waals surface area contributed by atoms with Gasteiger partial charge in [-0.2, -0.15) is 0 Å². The first kappa shape index (κ1) is 11.4. The number of hydrogen-bond donors (Lipinski definition) is 1. The minimum absolute atomic E-state index is 0.178. The van der Waals surface area contributed by atoms with Crippen LogP contribution >= 0.6 is 0 Å². The van der Waals surface area contributed by atoms with Gasteiger partial charge in [-0.3, -0.25) is 0 Å². The maximum Gasteiger partial charge on any atom is 0.0811 e. The summed E-state index contributed by atoms with van der Waals surface area (Å²) >= 11 is 0. The quantitative estimate of drug-likeness (QED) is 0.720. The zero-order valence-corrected chi connectivity index (χ0v) is 10.4. The molecular formula is C13H25NO. The Labute approximate surface area is 93.8 Å². The zero-order valence-electron chi connectivity index (χ0n) is 10.4. The Hall–Kier alpha value is -0.0800. The van der Waals surface area contributed by atoms with Gasteiger partial charge in [0.1, 0.15) is 0 Å². The molecule has 0 amide bonds. The fraction of sp³-hybridized carbons (Fsp3) is 1.00. The van der Waals surface area contributed by atoms with E-state index in [0.717, 1.165) is 12.5 Å². The van der Waals surface area contributed by atoms with Crippen LogP contribution in [0.25, 0.3) is 0 Å². The highest BCUT2D eigenvalue weighted by molar-refractivity contribution is 4.94. The van der Waals surface area contributed by atoms with Crippen LogP contribution in [0.15, 0.2) is 0 Å². The highest BCUT2D eigenvalue weighted by Gasteiger charge is 2.40. The summed E-state index contributed by atoms with van der Waals surface area (Å²) in [6, 6.07) is 0.513. The topological polar surface area (TPSA) is 21.3 Å². The van der Waals surface area contributed by atoms with Gasteiger partial charge in [-0.15, -0.1) is 0 Å². The molecule has 1 saturated carbocycles. The molecule has 2 unspecified atom stereocenters. The minimum atomic E-state index is 0.178. The molecule has 15 heavy (non-hydrogen) atoms. The third-order valence-electron chi connectivity index (χ3n) is 4.48. The molecule has 0 bridgehead atoms. The van der Waals surface area contributed by atoms with Gasteiger partial charge in [0.15, 0.2) is 0 Å². The first-order valence-corrected chi connectivity index (χ1v) is 6.56. The van der Waals surface area contributed by atoms with Crippen LogP contribution in [0.5, 0.6) is 0 Å². The second-order valence-electron chi connectivity index (χ2n) is 5.53. The van der Waals surface area contributed by atoms with Crippen molar-refractivity contribution in [3.8, 4) is 0 Å². The lowest BCUT2D eigenvalue weighted by atomic mass is 9.76. The molecule has 2 nitrogen and oxygen atoms in total. The van der Waals surface area contributed by atoms with Crippen LogP contribution in [-0.4, -0.2) is 24.3 Å². The Kier molecular flexibility index (Phi) is 3.36. The van der Waals surface area contributed by atoms with Gasteiger partial charge in [-0.25, -0.2) is 0 Å². The van der Waals surface area contributed by atoms with Crippen LogP contribution < -0.4 is 5.32 Å². The monoisotopic (exact) mass is 211 g/mol. The van der Waals surface area contributed by atoms with E-state index in [2.05, 4.69) is 26.1 Å². The Morgan fingerprint density at radius 3 is 2.47 bits per heavy atom. The summed E-state index contributed by atoms with van der Waals surface area (Å²) < 4.78 is 6.26. The first-order chi connectivity index (χ1) is 7.15. The van der Waals surface area contributed by atoms with Crippen molar-refractivity contribution in [1.29, 1.82) is 0 Å². The largest absolute Gasteiger partial charge is 0.369 e. The van der Waals surface area contributed by atoms with E-state index in [-0.39, 0.29) is 5.60 Å². The Bertz CT molecular complexity index is 209. The van der Waals surface area contributed by atoms with E-state index >= 15 is 0 Å². The van der Waals surface area contributed by atoms with Gasteiger partial charge >= 0.3 is 0 Å². The number of hydrogen-bond acceptors (Lipinski definition) is 2. The lowest BCUT2D eigenvalue weighted by Crippen LogP contribution is -2.58. The van der Waals surface area contributed by atoms with Crippen LogP contribution in [-0.2, 0) is 4.74 Å². The summed E-state index contributed by atoms with van der Waals surface area (Å²) in [6.07, 6.45) is 6.95. The van der Waals surface area contributed by atoms with Gasteiger partial charge in [-0.1, -0.05) is 13.3 Å². The number of rotatable bonds is 1. The van der Waals surface area contributed by atoms with Gasteiger partial charge in [0, 0.05) is 12.6 Å². The fourth-order valence-corrected chi connectivity index (χ4v) is 2.96. The lowest BCUT2D eigenvalue weighted by molar-refractivity contribution is -0.146. The predicted molar refractivity (Wildman–Crippen MR) is 63.0 cm³/mol. The van der Waals surface area contributed by atoms with Crippen molar-refractivity contribution < 1.29 is 4.74 Å². The van der Waals surface area contributed by atoms with E-state index in [0.29, 0.717) is 12.1 Å². The summed E-state index contributed by atoms with van der Waals surface area (Å²) in [7, 11) is 0. The van der Waals surface area contributed by atoms with Crippen molar-refractivity contribution in [3.63, 3.8) is 0 Å². The van der Waals surface area contributed by atoms with E-state index in [9.17, 15) is 0 Å². The molecule has 2 heteroatoms. The van der Waals surface area contributed by atoms with Gasteiger partial charge in [0.25, 0.3) is 0 Å². The van der Waals surface area contributed by atoms with E-state index in [1.165, 1.54) is 32.1 Å². The van der Waals surface area contributed by atoms with Crippen LogP contribution in [0.4, 0.5) is 0 Å². The summed E-state index contributed by atoms with van der Waals surface area (Å²) in [5, 5.41) is 3.60. The van der Waals surface area contributed by atoms with Crippen molar-refractivity contribution >= 4 is 0 Å². The second-order valence-corrected chi connectivity index (χ2v) is 5.53. The third kappa shape index (κ3) is 2.36. The molecule has 1 saturated heterocycles. The molecule has 0 radical (unpaired) electrons. The van der Waals surface area contributed by atoms with Crippen LogP contribution in [0.2, 0.25) is 0 Å². The molecule has 0 aromatic carbocycles. The maximum atomic E-state index is 6.26. The highest BCUT2D eigenvalue weighted by atomic mass is 16.5. The van der Waals surface area contributed by atoms with E-state index in [4.69, 9.17) is 4.74 Å². The van der Waals surface area contributed by atoms with Crippen molar-refractivity contribution in [1.82, 2.24) is 5.32 Å². The molecule has 2 fully saturated rings. The van der Waals surface area contributed by atoms with Crippen molar-refractivity contribution in [2.45, 2.75) is 70.6 Å². The number of morpholine rings is 1. The summed E-state index contributed by atoms with van der Waals surface area (Å²) in [4.78, 5) is 0. The smallest absolute Gasteiger partial charge is 0.0811 e. The molecule has 1 aliphatic heterocycles. The Balaban J connectivity index is 1.92. The van der Waals surface area contributed by atoms with Gasteiger partial charge in [0.05, 0.1) is 11.7 Å². The van der Waals surface area contributed by atoms with Gasteiger partial charge in [-0.05, 0) is 45.4 Å².